The Labute approximate surface area is 108 Å². The second-order valence-corrected chi connectivity index (χ2v) is 4.58. The van der Waals surface area contributed by atoms with Gasteiger partial charge >= 0.3 is 0 Å². The molecule has 0 aromatic heterocycles. The molecule has 0 aliphatic rings. The minimum absolute atomic E-state index is 0.232. The van der Waals surface area contributed by atoms with Crippen molar-refractivity contribution in [2.75, 3.05) is 25.0 Å². The van der Waals surface area contributed by atoms with Crippen LogP contribution < -0.4 is 10.2 Å². The van der Waals surface area contributed by atoms with E-state index in [0.29, 0.717) is 0 Å². The molecule has 0 aliphatic carbocycles. The summed E-state index contributed by atoms with van der Waals surface area (Å²) in [5.41, 5.74) is 3.11. The molecule has 0 amide bonds. The van der Waals surface area contributed by atoms with E-state index < -0.39 is 6.43 Å². The SMILES string of the molecule is CCCNCc1cc(C)ccc1N(C)CC(F)F. The van der Waals surface area contributed by atoms with E-state index in [1.165, 1.54) is 0 Å². The summed E-state index contributed by atoms with van der Waals surface area (Å²) in [6.07, 6.45) is -1.25. The fourth-order valence-electron chi connectivity index (χ4n) is 1.93. The van der Waals surface area contributed by atoms with Crippen LogP contribution in [0.4, 0.5) is 14.5 Å². The first-order valence-corrected chi connectivity index (χ1v) is 6.34. The fourth-order valence-corrected chi connectivity index (χ4v) is 1.93. The minimum atomic E-state index is -2.31. The quantitative estimate of drug-likeness (QED) is 0.754. The van der Waals surface area contributed by atoms with Gasteiger partial charge in [0.2, 0.25) is 0 Å². The second-order valence-electron chi connectivity index (χ2n) is 4.58. The summed E-state index contributed by atoms with van der Waals surface area (Å²) in [6.45, 7) is 5.54. The Morgan fingerprint density at radius 2 is 2.06 bits per heavy atom. The Balaban J connectivity index is 2.81. The lowest BCUT2D eigenvalue weighted by Crippen LogP contribution is -2.26. The molecule has 0 saturated carbocycles. The van der Waals surface area contributed by atoms with Crippen LogP contribution in [0, 0.1) is 6.92 Å². The van der Waals surface area contributed by atoms with Crippen LogP contribution in [0.2, 0.25) is 0 Å². The van der Waals surface area contributed by atoms with Crippen LogP contribution in [0.3, 0.4) is 0 Å². The van der Waals surface area contributed by atoms with Crippen LogP contribution >= 0.6 is 0 Å². The van der Waals surface area contributed by atoms with Crippen molar-refractivity contribution in [2.45, 2.75) is 33.2 Å². The smallest absolute Gasteiger partial charge is 0.255 e. The highest BCUT2D eigenvalue weighted by molar-refractivity contribution is 5.54. The zero-order chi connectivity index (χ0) is 13.5. The third kappa shape index (κ3) is 4.61. The molecule has 1 aromatic carbocycles. The largest absolute Gasteiger partial charge is 0.369 e. The third-order valence-corrected chi connectivity index (χ3v) is 2.80. The van der Waals surface area contributed by atoms with E-state index in [1.54, 1.807) is 11.9 Å². The first-order chi connectivity index (χ1) is 8.54. The number of hydrogen-bond donors (Lipinski definition) is 1. The Hall–Kier alpha value is -1.16. The second kappa shape index (κ2) is 7.31. The zero-order valence-corrected chi connectivity index (χ0v) is 11.3. The standard InChI is InChI=1S/C14H22F2N2/c1-4-7-17-9-12-8-11(2)5-6-13(12)18(3)10-14(15)16/h5-6,8,14,17H,4,7,9-10H2,1-3H3. The summed E-state index contributed by atoms with van der Waals surface area (Å²) in [5, 5.41) is 3.31. The van der Waals surface area contributed by atoms with Crippen LogP contribution in [0.1, 0.15) is 24.5 Å². The number of nitrogens with one attached hydrogen (secondary N) is 1. The molecule has 0 fully saturated rings. The van der Waals surface area contributed by atoms with Gasteiger partial charge in [0.15, 0.2) is 0 Å². The Morgan fingerprint density at radius 3 is 2.67 bits per heavy atom. The molecule has 0 aliphatic heterocycles. The fraction of sp³-hybridized carbons (Fsp3) is 0.571. The molecule has 1 aromatic rings. The van der Waals surface area contributed by atoms with E-state index >= 15 is 0 Å². The van der Waals surface area contributed by atoms with E-state index in [0.717, 1.165) is 36.3 Å². The lowest BCUT2D eigenvalue weighted by Gasteiger charge is -2.22. The van der Waals surface area contributed by atoms with Gasteiger partial charge in [-0.05, 0) is 31.5 Å². The van der Waals surface area contributed by atoms with E-state index in [4.69, 9.17) is 0 Å². The number of alkyl halides is 2. The first kappa shape index (κ1) is 14.9. The Morgan fingerprint density at radius 1 is 1.33 bits per heavy atom. The van der Waals surface area contributed by atoms with Gasteiger partial charge in [0.05, 0.1) is 6.54 Å². The van der Waals surface area contributed by atoms with Gasteiger partial charge in [-0.2, -0.15) is 0 Å². The van der Waals surface area contributed by atoms with Crippen molar-refractivity contribution in [3.63, 3.8) is 0 Å². The van der Waals surface area contributed by atoms with Gasteiger partial charge in [-0.1, -0.05) is 24.6 Å². The van der Waals surface area contributed by atoms with Crippen LogP contribution in [0.5, 0.6) is 0 Å². The summed E-state index contributed by atoms with van der Waals surface area (Å²) >= 11 is 0. The highest BCUT2D eigenvalue weighted by atomic mass is 19.3. The van der Waals surface area contributed by atoms with Crippen LogP contribution in [0.15, 0.2) is 18.2 Å². The van der Waals surface area contributed by atoms with Crippen molar-refractivity contribution in [3.8, 4) is 0 Å². The molecule has 2 nitrogen and oxygen atoms in total. The van der Waals surface area contributed by atoms with Gasteiger partial charge in [-0.3, -0.25) is 0 Å². The maximum atomic E-state index is 12.4. The molecule has 102 valence electrons. The molecule has 18 heavy (non-hydrogen) atoms. The molecular weight excluding hydrogens is 234 g/mol. The molecule has 4 heteroatoms. The normalized spacial score (nSPS) is 11.0. The van der Waals surface area contributed by atoms with Crippen molar-refractivity contribution in [1.29, 1.82) is 0 Å². The summed E-state index contributed by atoms with van der Waals surface area (Å²) in [6, 6.07) is 5.93. The summed E-state index contributed by atoms with van der Waals surface area (Å²) in [7, 11) is 1.71. The minimum Gasteiger partial charge on any atom is -0.369 e. The van der Waals surface area contributed by atoms with Gasteiger partial charge < -0.3 is 10.2 Å². The van der Waals surface area contributed by atoms with Gasteiger partial charge in [0.25, 0.3) is 6.43 Å². The van der Waals surface area contributed by atoms with Crippen LogP contribution in [-0.4, -0.2) is 26.6 Å². The number of halogens is 2. The van der Waals surface area contributed by atoms with Gasteiger partial charge in [0, 0.05) is 19.3 Å². The molecule has 1 rings (SSSR count). The lowest BCUT2D eigenvalue weighted by atomic mass is 10.1. The number of rotatable bonds is 7. The van der Waals surface area contributed by atoms with Gasteiger partial charge in [0.1, 0.15) is 0 Å². The van der Waals surface area contributed by atoms with Crippen molar-refractivity contribution >= 4 is 5.69 Å². The molecule has 0 saturated heterocycles. The van der Waals surface area contributed by atoms with Crippen molar-refractivity contribution in [2.24, 2.45) is 0 Å². The summed E-state index contributed by atoms with van der Waals surface area (Å²) in [5.74, 6) is 0. The highest BCUT2D eigenvalue weighted by Gasteiger charge is 2.12. The maximum Gasteiger partial charge on any atom is 0.255 e. The zero-order valence-electron chi connectivity index (χ0n) is 11.3. The highest BCUT2D eigenvalue weighted by Crippen LogP contribution is 2.21. The molecule has 0 atom stereocenters. The van der Waals surface area contributed by atoms with E-state index in [-0.39, 0.29) is 6.54 Å². The van der Waals surface area contributed by atoms with Crippen LogP contribution in [-0.2, 0) is 6.54 Å². The molecular formula is C14H22F2N2. The van der Waals surface area contributed by atoms with Crippen molar-refractivity contribution in [1.82, 2.24) is 5.32 Å². The number of anilines is 1. The van der Waals surface area contributed by atoms with Crippen LogP contribution in [0.25, 0.3) is 0 Å². The molecule has 0 unspecified atom stereocenters. The third-order valence-electron chi connectivity index (χ3n) is 2.80. The number of hydrogen-bond acceptors (Lipinski definition) is 2. The Kier molecular flexibility index (Phi) is 6.05. The first-order valence-electron chi connectivity index (χ1n) is 6.34. The monoisotopic (exact) mass is 256 g/mol. The molecule has 1 N–H and O–H groups in total. The predicted octanol–water partition coefficient (Wildman–Crippen LogP) is 3.20. The van der Waals surface area contributed by atoms with E-state index in [1.807, 2.05) is 19.1 Å². The number of aryl methyl sites for hydroxylation is 1. The van der Waals surface area contributed by atoms with Crippen molar-refractivity contribution in [3.05, 3.63) is 29.3 Å². The van der Waals surface area contributed by atoms with Gasteiger partial charge in [-0.25, -0.2) is 8.78 Å². The Bertz CT molecular complexity index is 367. The van der Waals surface area contributed by atoms with E-state index in [9.17, 15) is 8.78 Å². The summed E-state index contributed by atoms with van der Waals surface area (Å²) in [4.78, 5) is 1.62. The number of benzene rings is 1. The molecule has 0 heterocycles. The maximum absolute atomic E-state index is 12.4. The summed E-state index contributed by atoms with van der Waals surface area (Å²) < 4.78 is 24.9. The lowest BCUT2D eigenvalue weighted by molar-refractivity contribution is 0.156. The van der Waals surface area contributed by atoms with Crippen molar-refractivity contribution < 1.29 is 8.78 Å². The molecule has 0 radical (unpaired) electrons. The number of nitrogens with zero attached hydrogens (tertiary/aromatic N) is 1. The topological polar surface area (TPSA) is 15.3 Å². The van der Waals surface area contributed by atoms with E-state index in [2.05, 4.69) is 18.3 Å². The average molecular weight is 256 g/mol. The van der Waals surface area contributed by atoms with Gasteiger partial charge in [-0.15, -0.1) is 0 Å². The predicted molar refractivity (Wildman–Crippen MR) is 72.5 cm³/mol. The average Bonchev–Trinajstić information content (AvgIpc) is 2.28. The molecule has 0 bridgehead atoms. The molecule has 0 spiro atoms.